The van der Waals surface area contributed by atoms with Gasteiger partial charge in [-0.2, -0.15) is 0 Å². The molecule has 0 aliphatic carbocycles. The van der Waals surface area contributed by atoms with Gasteiger partial charge in [0, 0.05) is 16.7 Å². The Labute approximate surface area is 182 Å². The van der Waals surface area contributed by atoms with Crippen molar-refractivity contribution in [2.24, 2.45) is 4.99 Å². The Morgan fingerprint density at radius 3 is 2.55 bits per heavy atom. The Hall–Kier alpha value is -2.41. The lowest BCUT2D eigenvalue weighted by Crippen LogP contribution is -2.33. The summed E-state index contributed by atoms with van der Waals surface area (Å²) in [5.74, 6) is -0.361. The van der Waals surface area contributed by atoms with E-state index in [1.807, 2.05) is 35.4 Å². The fraction of sp³-hybridized carbons (Fsp3) is 0.143. The second kappa shape index (κ2) is 7.78. The monoisotopic (exact) mass is 446 g/mol. The number of allylic oxidation sites excluding steroid dienone is 1. The second-order valence-electron chi connectivity index (χ2n) is 6.48. The molecular weight excluding hydrogens is 431 g/mol. The number of nitrogens with zero attached hydrogens (tertiary/aromatic N) is 2. The molecule has 5 nitrogen and oxygen atoms in total. The lowest BCUT2D eigenvalue weighted by atomic mass is 9.94. The van der Waals surface area contributed by atoms with E-state index in [9.17, 15) is 9.90 Å². The van der Waals surface area contributed by atoms with Crippen molar-refractivity contribution in [1.29, 1.82) is 0 Å². The minimum Gasteiger partial charge on any atom is -0.497 e. The molecule has 2 aliphatic heterocycles. The fourth-order valence-corrected chi connectivity index (χ4v) is 5.27. The number of benzene rings is 2. The maximum absolute atomic E-state index is 12.1. The molecule has 148 valence electrons. The summed E-state index contributed by atoms with van der Waals surface area (Å²) in [6.07, 6.45) is 1.86. The van der Waals surface area contributed by atoms with Crippen LogP contribution in [0.3, 0.4) is 0 Å². The number of hydrogen-bond donors (Lipinski definition) is 1. The first kappa shape index (κ1) is 19.9. The van der Waals surface area contributed by atoms with Crippen LogP contribution in [0.2, 0.25) is 10.0 Å². The SMILES string of the molecule is COc1cccc(C2C(C(=O)O)=C(C)N=C3SC(c4c(Cl)cccc4Cl)=CN32)c1. The molecule has 4 rings (SSSR count). The minimum atomic E-state index is -1.01. The van der Waals surface area contributed by atoms with Gasteiger partial charge in [-0.25, -0.2) is 9.79 Å². The van der Waals surface area contributed by atoms with Crippen LogP contribution < -0.4 is 4.74 Å². The van der Waals surface area contributed by atoms with Crippen LogP contribution in [-0.4, -0.2) is 28.3 Å². The predicted octanol–water partition coefficient (Wildman–Crippen LogP) is 5.82. The van der Waals surface area contributed by atoms with Crippen LogP contribution in [0.4, 0.5) is 0 Å². The number of thioether (sulfide) groups is 1. The van der Waals surface area contributed by atoms with Gasteiger partial charge < -0.3 is 14.7 Å². The number of halogens is 2. The molecule has 0 aromatic heterocycles. The van der Waals surface area contributed by atoms with Crippen molar-refractivity contribution in [2.75, 3.05) is 7.11 Å². The second-order valence-corrected chi connectivity index (χ2v) is 8.30. The van der Waals surface area contributed by atoms with E-state index in [1.54, 1.807) is 32.2 Å². The van der Waals surface area contributed by atoms with Crippen molar-refractivity contribution in [1.82, 2.24) is 4.90 Å². The topological polar surface area (TPSA) is 62.1 Å². The smallest absolute Gasteiger partial charge is 0.335 e. The molecule has 1 atom stereocenters. The van der Waals surface area contributed by atoms with E-state index in [2.05, 4.69) is 4.99 Å². The molecule has 0 radical (unpaired) electrons. The standard InChI is InChI=1S/C21H16Cl2N2O3S/c1-11-17(20(26)27)19(12-5-3-6-13(9-12)28-2)25-10-16(29-21(25)24-11)18-14(22)7-4-8-15(18)23/h3-10,19H,1-2H3,(H,26,27). The van der Waals surface area contributed by atoms with Crippen LogP contribution in [0, 0.1) is 0 Å². The summed E-state index contributed by atoms with van der Waals surface area (Å²) in [7, 11) is 1.58. The third-order valence-corrected chi connectivity index (χ3v) is 6.38. The summed E-state index contributed by atoms with van der Waals surface area (Å²) >= 11 is 14.2. The van der Waals surface area contributed by atoms with Gasteiger partial charge in [-0.05, 0) is 48.5 Å². The maximum Gasteiger partial charge on any atom is 0.335 e. The zero-order valence-electron chi connectivity index (χ0n) is 15.5. The van der Waals surface area contributed by atoms with E-state index in [4.69, 9.17) is 27.9 Å². The quantitative estimate of drug-likeness (QED) is 0.640. The molecule has 0 spiro atoms. The first-order valence-corrected chi connectivity index (χ1v) is 10.3. The van der Waals surface area contributed by atoms with Gasteiger partial charge in [0.05, 0.1) is 34.5 Å². The largest absolute Gasteiger partial charge is 0.497 e. The summed E-state index contributed by atoms with van der Waals surface area (Å²) in [5.41, 5.74) is 2.17. The Morgan fingerprint density at radius 1 is 1.21 bits per heavy atom. The lowest BCUT2D eigenvalue weighted by molar-refractivity contribution is -0.133. The molecule has 0 fully saturated rings. The number of methoxy groups -OCH3 is 1. The summed E-state index contributed by atoms with van der Waals surface area (Å²) in [4.78, 5) is 19.3. The van der Waals surface area contributed by atoms with E-state index in [1.165, 1.54) is 11.8 Å². The van der Waals surface area contributed by atoms with Crippen molar-refractivity contribution in [3.05, 3.63) is 81.1 Å². The molecule has 0 saturated carbocycles. The number of fused-ring (bicyclic) bond motifs is 1. The molecule has 2 aromatic rings. The number of carboxylic acids is 1. The van der Waals surface area contributed by atoms with Gasteiger partial charge in [-0.1, -0.05) is 41.4 Å². The third-order valence-electron chi connectivity index (χ3n) is 4.73. The molecule has 0 saturated heterocycles. The molecule has 2 heterocycles. The molecule has 29 heavy (non-hydrogen) atoms. The molecular formula is C21H16Cl2N2O3S. The fourth-order valence-electron chi connectivity index (χ4n) is 3.42. The van der Waals surface area contributed by atoms with Crippen LogP contribution >= 0.6 is 35.0 Å². The van der Waals surface area contributed by atoms with Crippen LogP contribution in [0.15, 0.2) is 64.9 Å². The molecule has 2 aliphatic rings. The molecule has 1 N–H and O–H groups in total. The maximum atomic E-state index is 12.1. The first-order valence-electron chi connectivity index (χ1n) is 8.69. The van der Waals surface area contributed by atoms with Gasteiger partial charge in [0.1, 0.15) is 5.75 Å². The normalized spacial score (nSPS) is 18.3. The van der Waals surface area contributed by atoms with Crippen molar-refractivity contribution < 1.29 is 14.6 Å². The Morgan fingerprint density at radius 2 is 1.90 bits per heavy atom. The van der Waals surface area contributed by atoms with Crippen molar-refractivity contribution in [3.63, 3.8) is 0 Å². The van der Waals surface area contributed by atoms with Gasteiger partial charge in [-0.15, -0.1) is 0 Å². The highest BCUT2D eigenvalue weighted by molar-refractivity contribution is 8.22. The highest BCUT2D eigenvalue weighted by Crippen LogP contribution is 2.48. The highest BCUT2D eigenvalue weighted by Gasteiger charge is 2.39. The van der Waals surface area contributed by atoms with Crippen LogP contribution in [0.1, 0.15) is 24.1 Å². The Bertz CT molecular complexity index is 1090. The van der Waals surface area contributed by atoms with E-state index >= 15 is 0 Å². The Kier molecular flexibility index (Phi) is 5.34. The Balaban J connectivity index is 1.86. The van der Waals surface area contributed by atoms with E-state index in [-0.39, 0.29) is 5.57 Å². The first-order chi connectivity index (χ1) is 13.9. The van der Waals surface area contributed by atoms with Gasteiger partial charge in [0.15, 0.2) is 5.17 Å². The minimum absolute atomic E-state index is 0.213. The third kappa shape index (κ3) is 3.52. The number of amidine groups is 1. The highest BCUT2D eigenvalue weighted by atomic mass is 35.5. The molecule has 8 heteroatoms. The zero-order valence-corrected chi connectivity index (χ0v) is 17.8. The number of aliphatic imine (C=N–C) groups is 1. The van der Waals surface area contributed by atoms with Crippen molar-refractivity contribution in [2.45, 2.75) is 13.0 Å². The predicted molar refractivity (Wildman–Crippen MR) is 117 cm³/mol. The van der Waals surface area contributed by atoms with Crippen molar-refractivity contribution >= 4 is 51.0 Å². The average molecular weight is 447 g/mol. The lowest BCUT2D eigenvalue weighted by Gasteiger charge is -2.32. The number of aliphatic carboxylic acids is 1. The summed E-state index contributed by atoms with van der Waals surface area (Å²) in [5, 5.41) is 11.6. The number of hydrogen-bond acceptors (Lipinski definition) is 5. The number of carbonyl (C=O) groups is 1. The van der Waals surface area contributed by atoms with Crippen molar-refractivity contribution in [3.8, 4) is 5.75 Å². The van der Waals surface area contributed by atoms with Gasteiger partial charge in [0.2, 0.25) is 0 Å². The molecule has 0 bridgehead atoms. The summed E-state index contributed by atoms with van der Waals surface area (Å²) in [6.45, 7) is 1.71. The summed E-state index contributed by atoms with van der Waals surface area (Å²) < 4.78 is 5.33. The van der Waals surface area contributed by atoms with E-state index in [0.29, 0.717) is 32.2 Å². The van der Waals surface area contributed by atoms with Crippen LogP contribution in [0.25, 0.3) is 4.91 Å². The molecule has 1 unspecified atom stereocenters. The summed E-state index contributed by atoms with van der Waals surface area (Å²) in [6, 6.07) is 12.2. The number of rotatable bonds is 4. The van der Waals surface area contributed by atoms with E-state index < -0.39 is 12.0 Å². The molecule has 2 aromatic carbocycles. The van der Waals surface area contributed by atoms with E-state index in [0.717, 1.165) is 10.5 Å². The van der Waals surface area contributed by atoms with Gasteiger partial charge in [-0.3, -0.25) is 0 Å². The average Bonchev–Trinajstić information content (AvgIpc) is 3.09. The van der Waals surface area contributed by atoms with Crippen LogP contribution in [-0.2, 0) is 4.79 Å². The van der Waals surface area contributed by atoms with Gasteiger partial charge in [0.25, 0.3) is 0 Å². The van der Waals surface area contributed by atoms with Gasteiger partial charge >= 0.3 is 5.97 Å². The van der Waals surface area contributed by atoms with Crippen LogP contribution in [0.5, 0.6) is 5.75 Å². The zero-order chi connectivity index (χ0) is 20.7. The number of ether oxygens (including phenoxy) is 1. The molecule has 0 amide bonds. The number of carboxylic acid groups (broad SMARTS) is 1.